The summed E-state index contributed by atoms with van der Waals surface area (Å²) in [6.45, 7) is 3.01. The summed E-state index contributed by atoms with van der Waals surface area (Å²) in [5.41, 5.74) is 0. The SMILES string of the molecule is C#CCSCCNCCCCOC. The molecule has 0 aromatic heterocycles. The molecule has 76 valence electrons. The van der Waals surface area contributed by atoms with Gasteiger partial charge in [-0.1, -0.05) is 5.92 Å². The number of rotatable bonds is 9. The smallest absolute Gasteiger partial charge is 0.0545 e. The van der Waals surface area contributed by atoms with Crippen molar-refractivity contribution in [3.63, 3.8) is 0 Å². The van der Waals surface area contributed by atoms with Gasteiger partial charge in [0.25, 0.3) is 0 Å². The lowest BCUT2D eigenvalue weighted by Crippen LogP contribution is -2.18. The summed E-state index contributed by atoms with van der Waals surface area (Å²) >= 11 is 1.80. The van der Waals surface area contributed by atoms with Gasteiger partial charge in [-0.3, -0.25) is 0 Å². The second kappa shape index (κ2) is 11.8. The Kier molecular flexibility index (Phi) is 11.7. The number of hydrogen-bond acceptors (Lipinski definition) is 3. The van der Waals surface area contributed by atoms with Gasteiger partial charge in [0.15, 0.2) is 0 Å². The Hall–Kier alpha value is -0.170. The van der Waals surface area contributed by atoms with Gasteiger partial charge in [0.05, 0.1) is 5.75 Å². The van der Waals surface area contributed by atoms with Crippen molar-refractivity contribution in [2.24, 2.45) is 0 Å². The number of methoxy groups -OCH3 is 1. The van der Waals surface area contributed by atoms with Gasteiger partial charge in [0.2, 0.25) is 0 Å². The van der Waals surface area contributed by atoms with E-state index in [4.69, 9.17) is 11.2 Å². The molecule has 0 saturated carbocycles. The van der Waals surface area contributed by atoms with Gasteiger partial charge in [-0.25, -0.2) is 0 Å². The van der Waals surface area contributed by atoms with Crippen LogP contribution in [0.4, 0.5) is 0 Å². The Bertz CT molecular complexity index is 133. The van der Waals surface area contributed by atoms with Gasteiger partial charge in [0, 0.05) is 26.0 Å². The Morgan fingerprint density at radius 2 is 2.23 bits per heavy atom. The first-order chi connectivity index (χ1) is 6.41. The van der Waals surface area contributed by atoms with E-state index in [9.17, 15) is 0 Å². The highest BCUT2D eigenvalue weighted by Gasteiger charge is 1.89. The summed E-state index contributed by atoms with van der Waals surface area (Å²) in [5, 5.41) is 3.36. The molecule has 2 nitrogen and oxygen atoms in total. The van der Waals surface area contributed by atoms with Crippen molar-refractivity contribution in [2.45, 2.75) is 12.8 Å². The van der Waals surface area contributed by atoms with Crippen LogP contribution in [0.1, 0.15) is 12.8 Å². The molecule has 0 bridgehead atoms. The molecule has 0 atom stereocenters. The molecular weight excluding hydrogens is 182 g/mol. The Morgan fingerprint density at radius 3 is 2.92 bits per heavy atom. The van der Waals surface area contributed by atoms with E-state index in [0.717, 1.165) is 37.6 Å². The van der Waals surface area contributed by atoms with Crippen LogP contribution in [-0.4, -0.2) is 38.3 Å². The van der Waals surface area contributed by atoms with Crippen LogP contribution >= 0.6 is 11.8 Å². The average molecular weight is 201 g/mol. The Labute approximate surface area is 85.8 Å². The van der Waals surface area contributed by atoms with Crippen molar-refractivity contribution < 1.29 is 4.74 Å². The molecule has 0 amide bonds. The summed E-state index contributed by atoms with van der Waals surface area (Å²) in [7, 11) is 1.74. The van der Waals surface area contributed by atoms with Crippen LogP contribution in [0.15, 0.2) is 0 Å². The van der Waals surface area contributed by atoms with E-state index in [1.54, 1.807) is 18.9 Å². The van der Waals surface area contributed by atoms with Gasteiger partial charge >= 0.3 is 0 Å². The highest BCUT2D eigenvalue weighted by atomic mass is 32.2. The van der Waals surface area contributed by atoms with E-state index in [1.165, 1.54) is 6.42 Å². The molecule has 0 spiro atoms. The van der Waals surface area contributed by atoms with Crippen LogP contribution in [-0.2, 0) is 4.74 Å². The highest BCUT2D eigenvalue weighted by molar-refractivity contribution is 7.99. The lowest BCUT2D eigenvalue weighted by Gasteiger charge is -2.02. The number of hydrogen-bond donors (Lipinski definition) is 1. The molecule has 0 aromatic carbocycles. The van der Waals surface area contributed by atoms with E-state index in [2.05, 4.69) is 11.2 Å². The molecule has 3 heteroatoms. The maximum absolute atomic E-state index is 5.12. The van der Waals surface area contributed by atoms with Crippen molar-refractivity contribution in [3.05, 3.63) is 0 Å². The minimum Gasteiger partial charge on any atom is -0.385 e. The zero-order valence-corrected chi connectivity index (χ0v) is 9.16. The number of thioether (sulfide) groups is 1. The van der Waals surface area contributed by atoms with E-state index in [1.807, 2.05) is 0 Å². The third kappa shape index (κ3) is 11.8. The van der Waals surface area contributed by atoms with Crippen molar-refractivity contribution in [3.8, 4) is 12.3 Å². The zero-order valence-electron chi connectivity index (χ0n) is 8.34. The number of ether oxygens (including phenoxy) is 1. The quantitative estimate of drug-likeness (QED) is 0.450. The molecule has 0 fully saturated rings. The van der Waals surface area contributed by atoms with Gasteiger partial charge in [-0.05, 0) is 19.4 Å². The zero-order chi connectivity index (χ0) is 9.78. The fraction of sp³-hybridized carbons (Fsp3) is 0.800. The molecule has 13 heavy (non-hydrogen) atoms. The maximum atomic E-state index is 5.12. The number of nitrogens with one attached hydrogen (secondary N) is 1. The monoisotopic (exact) mass is 201 g/mol. The molecule has 1 N–H and O–H groups in total. The minimum absolute atomic E-state index is 0.825. The van der Waals surface area contributed by atoms with Crippen molar-refractivity contribution in [1.29, 1.82) is 0 Å². The first kappa shape index (κ1) is 12.8. The molecular formula is C10H19NOS. The van der Waals surface area contributed by atoms with E-state index in [-0.39, 0.29) is 0 Å². The van der Waals surface area contributed by atoms with Gasteiger partial charge in [-0.2, -0.15) is 0 Å². The minimum atomic E-state index is 0.825. The first-order valence-electron chi connectivity index (χ1n) is 4.62. The van der Waals surface area contributed by atoms with Gasteiger partial charge in [-0.15, -0.1) is 18.2 Å². The normalized spacial score (nSPS) is 9.85. The predicted molar refractivity (Wildman–Crippen MR) is 60.1 cm³/mol. The molecule has 0 radical (unpaired) electrons. The van der Waals surface area contributed by atoms with Crippen molar-refractivity contribution >= 4 is 11.8 Å². The fourth-order valence-corrected chi connectivity index (χ4v) is 1.45. The van der Waals surface area contributed by atoms with Crippen LogP contribution in [0, 0.1) is 12.3 Å². The maximum Gasteiger partial charge on any atom is 0.0545 e. The van der Waals surface area contributed by atoms with E-state index >= 15 is 0 Å². The van der Waals surface area contributed by atoms with Crippen LogP contribution in [0.3, 0.4) is 0 Å². The Morgan fingerprint density at radius 1 is 1.38 bits per heavy atom. The Balaban J connectivity index is 2.80. The van der Waals surface area contributed by atoms with Crippen LogP contribution in [0.2, 0.25) is 0 Å². The van der Waals surface area contributed by atoms with Crippen LogP contribution in [0.25, 0.3) is 0 Å². The highest BCUT2D eigenvalue weighted by Crippen LogP contribution is 1.95. The molecule has 0 rings (SSSR count). The molecule has 0 aliphatic carbocycles. The van der Waals surface area contributed by atoms with Crippen molar-refractivity contribution in [1.82, 2.24) is 5.32 Å². The lowest BCUT2D eigenvalue weighted by atomic mass is 10.3. The summed E-state index contributed by atoms with van der Waals surface area (Å²) < 4.78 is 4.95. The van der Waals surface area contributed by atoms with E-state index in [0.29, 0.717) is 0 Å². The van der Waals surface area contributed by atoms with E-state index < -0.39 is 0 Å². The summed E-state index contributed by atoms with van der Waals surface area (Å²) in [4.78, 5) is 0. The summed E-state index contributed by atoms with van der Waals surface area (Å²) in [6.07, 6.45) is 7.45. The van der Waals surface area contributed by atoms with Crippen LogP contribution < -0.4 is 5.32 Å². The third-order valence-electron chi connectivity index (χ3n) is 1.56. The lowest BCUT2D eigenvalue weighted by molar-refractivity contribution is 0.192. The fourth-order valence-electron chi connectivity index (χ4n) is 0.897. The first-order valence-corrected chi connectivity index (χ1v) is 5.78. The number of terminal acetylenes is 1. The second-order valence-electron chi connectivity index (χ2n) is 2.71. The molecule has 0 saturated heterocycles. The summed E-state index contributed by atoms with van der Waals surface area (Å²) in [5.74, 6) is 4.54. The summed E-state index contributed by atoms with van der Waals surface area (Å²) in [6, 6.07) is 0. The predicted octanol–water partition coefficient (Wildman–Crippen LogP) is 1.37. The topological polar surface area (TPSA) is 21.3 Å². The molecule has 0 unspecified atom stereocenters. The average Bonchev–Trinajstić information content (AvgIpc) is 2.16. The van der Waals surface area contributed by atoms with Crippen LogP contribution in [0.5, 0.6) is 0 Å². The second-order valence-corrected chi connectivity index (χ2v) is 3.81. The molecule has 0 heterocycles. The number of unbranched alkanes of at least 4 members (excludes halogenated alkanes) is 1. The molecule has 0 aromatic rings. The van der Waals surface area contributed by atoms with Gasteiger partial charge < -0.3 is 10.1 Å². The molecule has 0 aliphatic rings. The largest absolute Gasteiger partial charge is 0.385 e. The molecule has 0 aliphatic heterocycles. The third-order valence-corrected chi connectivity index (χ3v) is 2.42. The standard InChI is InChI=1S/C10H19NOS/c1-3-9-13-10-7-11-6-4-5-8-12-2/h1,11H,4-10H2,2H3. The van der Waals surface area contributed by atoms with Gasteiger partial charge in [0.1, 0.15) is 0 Å². The van der Waals surface area contributed by atoms with Crippen molar-refractivity contribution in [2.75, 3.05) is 38.3 Å².